The molecule has 0 aliphatic heterocycles. The molecular weight excluding hydrogens is 224 g/mol. The van der Waals surface area contributed by atoms with Crippen LogP contribution in [0.15, 0.2) is 12.1 Å². The van der Waals surface area contributed by atoms with E-state index in [1.165, 1.54) is 22.3 Å². The molecule has 0 spiro atoms. The Bertz CT molecular complexity index is 335. The first-order chi connectivity index (χ1) is 8.69. The Morgan fingerprint density at radius 1 is 0.778 bits per heavy atom. The molecule has 0 amide bonds. The van der Waals surface area contributed by atoms with E-state index in [0.29, 0.717) is 0 Å². The van der Waals surface area contributed by atoms with E-state index in [-0.39, 0.29) is 13.2 Å². The van der Waals surface area contributed by atoms with Gasteiger partial charge in [-0.3, -0.25) is 0 Å². The Balaban J connectivity index is 2.65. The summed E-state index contributed by atoms with van der Waals surface area (Å²) in [4.78, 5) is 0. The van der Waals surface area contributed by atoms with Crippen LogP contribution in [0.2, 0.25) is 0 Å². The Morgan fingerprint density at radius 3 is 1.78 bits per heavy atom. The normalized spacial score (nSPS) is 10.9. The lowest BCUT2D eigenvalue weighted by atomic mass is 9.93. The van der Waals surface area contributed by atoms with Gasteiger partial charge in [-0.2, -0.15) is 0 Å². The van der Waals surface area contributed by atoms with Crippen LogP contribution in [-0.2, 0) is 12.8 Å². The molecule has 0 aliphatic carbocycles. The first-order valence-corrected chi connectivity index (χ1v) is 6.99. The van der Waals surface area contributed by atoms with E-state index in [1.807, 2.05) is 0 Å². The molecule has 1 aromatic carbocycles. The summed E-state index contributed by atoms with van der Waals surface area (Å²) in [7, 11) is 0. The highest BCUT2D eigenvalue weighted by Crippen LogP contribution is 2.20. The molecule has 0 aliphatic rings. The second-order valence-corrected chi connectivity index (χ2v) is 5.07. The van der Waals surface area contributed by atoms with Crippen LogP contribution in [0.1, 0.15) is 47.9 Å². The predicted octanol–water partition coefficient (Wildman–Crippen LogP) is 2.93. The zero-order chi connectivity index (χ0) is 13.4. The summed E-state index contributed by atoms with van der Waals surface area (Å²) in [5.74, 6) is 0. The number of hydrogen-bond donors (Lipinski definition) is 2. The van der Waals surface area contributed by atoms with Crippen LogP contribution in [0.3, 0.4) is 0 Å². The van der Waals surface area contributed by atoms with Crippen LogP contribution in [0.5, 0.6) is 0 Å². The minimum Gasteiger partial charge on any atom is -0.396 e. The predicted molar refractivity (Wildman–Crippen MR) is 76.0 cm³/mol. The Morgan fingerprint density at radius 2 is 1.28 bits per heavy atom. The lowest BCUT2D eigenvalue weighted by Crippen LogP contribution is -1.98. The van der Waals surface area contributed by atoms with E-state index in [2.05, 4.69) is 26.0 Å². The Labute approximate surface area is 111 Å². The summed E-state index contributed by atoms with van der Waals surface area (Å²) in [6.45, 7) is 4.93. The minimum atomic E-state index is 0.289. The van der Waals surface area contributed by atoms with Gasteiger partial charge in [0.05, 0.1) is 0 Å². The molecule has 0 unspecified atom stereocenters. The maximum Gasteiger partial charge on any atom is 0.0431 e. The van der Waals surface area contributed by atoms with E-state index in [0.717, 1.165) is 38.5 Å². The topological polar surface area (TPSA) is 40.5 Å². The van der Waals surface area contributed by atoms with Crippen molar-refractivity contribution in [2.24, 2.45) is 0 Å². The van der Waals surface area contributed by atoms with Crippen molar-refractivity contribution in [1.82, 2.24) is 0 Å². The maximum absolute atomic E-state index is 8.83. The average Bonchev–Trinajstić information content (AvgIpc) is 2.33. The summed E-state index contributed by atoms with van der Waals surface area (Å²) in [5.41, 5.74) is 5.55. The number of benzene rings is 1. The molecule has 0 saturated carbocycles. The quantitative estimate of drug-likeness (QED) is 0.696. The highest BCUT2D eigenvalue weighted by atomic mass is 16.3. The van der Waals surface area contributed by atoms with Gasteiger partial charge in [-0.05, 0) is 74.6 Å². The van der Waals surface area contributed by atoms with Crippen LogP contribution in [0, 0.1) is 13.8 Å². The molecule has 0 fully saturated rings. The van der Waals surface area contributed by atoms with Crippen molar-refractivity contribution < 1.29 is 10.2 Å². The average molecular weight is 250 g/mol. The van der Waals surface area contributed by atoms with Crippen molar-refractivity contribution in [3.8, 4) is 0 Å². The van der Waals surface area contributed by atoms with E-state index in [1.54, 1.807) is 0 Å². The third-order valence-electron chi connectivity index (χ3n) is 3.46. The third-order valence-corrected chi connectivity index (χ3v) is 3.46. The van der Waals surface area contributed by atoms with Crippen molar-refractivity contribution in [2.75, 3.05) is 13.2 Å². The number of hydrogen-bond acceptors (Lipinski definition) is 2. The molecule has 0 atom stereocenters. The first kappa shape index (κ1) is 15.2. The molecule has 1 aromatic rings. The monoisotopic (exact) mass is 250 g/mol. The van der Waals surface area contributed by atoms with E-state index in [4.69, 9.17) is 10.2 Å². The highest BCUT2D eigenvalue weighted by molar-refractivity contribution is 5.38. The van der Waals surface area contributed by atoms with Crippen molar-refractivity contribution in [3.63, 3.8) is 0 Å². The molecule has 0 radical (unpaired) electrons. The van der Waals surface area contributed by atoms with Gasteiger partial charge in [-0.1, -0.05) is 12.1 Å². The Kier molecular flexibility index (Phi) is 6.99. The van der Waals surface area contributed by atoms with E-state index >= 15 is 0 Å². The second-order valence-electron chi connectivity index (χ2n) is 5.07. The number of aliphatic hydroxyl groups is 2. The van der Waals surface area contributed by atoms with Crippen molar-refractivity contribution >= 4 is 0 Å². The summed E-state index contributed by atoms with van der Waals surface area (Å²) in [6, 6.07) is 4.55. The fraction of sp³-hybridized carbons (Fsp3) is 0.625. The lowest BCUT2D eigenvalue weighted by molar-refractivity contribution is 0.284. The molecular formula is C16H26O2. The van der Waals surface area contributed by atoms with Crippen LogP contribution in [-0.4, -0.2) is 23.4 Å². The van der Waals surface area contributed by atoms with Gasteiger partial charge in [0.1, 0.15) is 0 Å². The van der Waals surface area contributed by atoms with Crippen molar-refractivity contribution in [3.05, 3.63) is 34.4 Å². The lowest BCUT2D eigenvalue weighted by Gasteiger charge is -2.12. The summed E-state index contributed by atoms with van der Waals surface area (Å²) < 4.78 is 0. The largest absolute Gasteiger partial charge is 0.396 e. The minimum absolute atomic E-state index is 0.289. The number of aliphatic hydroxyl groups excluding tert-OH is 2. The maximum atomic E-state index is 8.83. The molecule has 2 heteroatoms. The molecule has 1 rings (SSSR count). The van der Waals surface area contributed by atoms with Gasteiger partial charge in [0, 0.05) is 13.2 Å². The van der Waals surface area contributed by atoms with Gasteiger partial charge >= 0.3 is 0 Å². The molecule has 0 heterocycles. The Hall–Kier alpha value is -0.860. The second kappa shape index (κ2) is 8.28. The molecule has 2 N–H and O–H groups in total. The molecule has 0 aromatic heterocycles. The van der Waals surface area contributed by atoms with Gasteiger partial charge in [-0.15, -0.1) is 0 Å². The van der Waals surface area contributed by atoms with Crippen molar-refractivity contribution in [1.29, 1.82) is 0 Å². The zero-order valence-corrected chi connectivity index (χ0v) is 11.7. The molecule has 102 valence electrons. The van der Waals surface area contributed by atoms with Crippen LogP contribution in [0.25, 0.3) is 0 Å². The van der Waals surface area contributed by atoms with E-state index in [9.17, 15) is 0 Å². The summed E-state index contributed by atoms with van der Waals surface area (Å²) in [5, 5.41) is 17.6. The van der Waals surface area contributed by atoms with Crippen LogP contribution >= 0.6 is 0 Å². The number of unbranched alkanes of at least 4 members (excludes halogenated alkanes) is 2. The van der Waals surface area contributed by atoms with Crippen molar-refractivity contribution in [2.45, 2.75) is 52.4 Å². The zero-order valence-electron chi connectivity index (χ0n) is 11.7. The molecule has 0 bridgehead atoms. The molecule has 2 nitrogen and oxygen atoms in total. The first-order valence-electron chi connectivity index (χ1n) is 6.99. The van der Waals surface area contributed by atoms with Gasteiger partial charge < -0.3 is 10.2 Å². The number of rotatable bonds is 8. The number of aryl methyl sites for hydroxylation is 3. The van der Waals surface area contributed by atoms with Crippen LogP contribution in [0.4, 0.5) is 0 Å². The highest BCUT2D eigenvalue weighted by Gasteiger charge is 2.05. The SMILES string of the molecule is Cc1cc(CCCCO)cc(C)c1CCCCO. The summed E-state index contributed by atoms with van der Waals surface area (Å²) in [6.07, 6.45) is 6.00. The standard InChI is InChI=1S/C16H26O2/c1-13-11-15(7-3-5-9-17)12-14(2)16(13)8-4-6-10-18/h11-12,17-18H,3-10H2,1-2H3. The van der Waals surface area contributed by atoms with Gasteiger partial charge in [-0.25, -0.2) is 0 Å². The third kappa shape index (κ3) is 4.79. The van der Waals surface area contributed by atoms with Gasteiger partial charge in [0.15, 0.2) is 0 Å². The molecule has 0 saturated heterocycles. The summed E-state index contributed by atoms with van der Waals surface area (Å²) >= 11 is 0. The fourth-order valence-electron chi connectivity index (χ4n) is 2.48. The molecule has 18 heavy (non-hydrogen) atoms. The smallest absolute Gasteiger partial charge is 0.0431 e. The van der Waals surface area contributed by atoms with E-state index < -0.39 is 0 Å². The van der Waals surface area contributed by atoms with Gasteiger partial charge in [0.2, 0.25) is 0 Å². The van der Waals surface area contributed by atoms with Crippen LogP contribution < -0.4 is 0 Å². The fourth-order valence-corrected chi connectivity index (χ4v) is 2.48. The van der Waals surface area contributed by atoms with Gasteiger partial charge in [0.25, 0.3) is 0 Å².